The zero-order valence-electron chi connectivity index (χ0n) is 13.8. The molecular formula is C18H19NO5. The number of aliphatic hydroxyl groups is 1. The summed E-state index contributed by atoms with van der Waals surface area (Å²) in [5.41, 5.74) is 0.570. The van der Waals surface area contributed by atoms with E-state index in [1.54, 1.807) is 31.4 Å². The van der Waals surface area contributed by atoms with Gasteiger partial charge in [-0.1, -0.05) is 11.6 Å². The SMILES string of the molecule is COC(=O)C12CC=C(C)CC1=C(O)C(=O)N2c1ccc(OC)cc1. The molecule has 1 unspecified atom stereocenters. The van der Waals surface area contributed by atoms with Gasteiger partial charge in [0, 0.05) is 17.7 Å². The second kappa shape index (κ2) is 5.70. The lowest BCUT2D eigenvalue weighted by Crippen LogP contribution is -2.56. The van der Waals surface area contributed by atoms with Crippen LogP contribution in [0.2, 0.25) is 0 Å². The number of hydrogen-bond acceptors (Lipinski definition) is 5. The van der Waals surface area contributed by atoms with E-state index >= 15 is 0 Å². The number of nitrogens with zero attached hydrogens (tertiary/aromatic N) is 1. The number of anilines is 1. The maximum Gasteiger partial charge on any atom is 0.337 e. The van der Waals surface area contributed by atoms with Crippen LogP contribution in [0, 0.1) is 0 Å². The van der Waals surface area contributed by atoms with Gasteiger partial charge < -0.3 is 14.6 Å². The molecule has 1 aromatic carbocycles. The molecule has 1 aliphatic carbocycles. The molecule has 2 aliphatic rings. The molecule has 0 spiro atoms. The molecule has 1 aromatic rings. The van der Waals surface area contributed by atoms with E-state index in [0.29, 0.717) is 23.4 Å². The molecule has 1 amide bonds. The summed E-state index contributed by atoms with van der Waals surface area (Å²) in [4.78, 5) is 26.7. The van der Waals surface area contributed by atoms with Crippen molar-refractivity contribution in [3.05, 3.63) is 47.2 Å². The zero-order chi connectivity index (χ0) is 17.5. The van der Waals surface area contributed by atoms with Gasteiger partial charge in [-0.2, -0.15) is 0 Å². The van der Waals surface area contributed by atoms with Crippen LogP contribution in [0.25, 0.3) is 0 Å². The van der Waals surface area contributed by atoms with Crippen LogP contribution in [0.3, 0.4) is 0 Å². The lowest BCUT2D eigenvalue weighted by atomic mass is 9.78. The number of fused-ring (bicyclic) bond motifs is 1. The van der Waals surface area contributed by atoms with E-state index in [4.69, 9.17) is 9.47 Å². The Hall–Kier alpha value is -2.76. The van der Waals surface area contributed by atoms with Crippen molar-refractivity contribution in [2.24, 2.45) is 0 Å². The lowest BCUT2D eigenvalue weighted by molar-refractivity contribution is -0.146. The highest BCUT2D eigenvalue weighted by Gasteiger charge is 2.58. The zero-order valence-corrected chi connectivity index (χ0v) is 13.8. The molecule has 0 bridgehead atoms. The summed E-state index contributed by atoms with van der Waals surface area (Å²) < 4.78 is 10.1. The van der Waals surface area contributed by atoms with E-state index in [1.807, 2.05) is 13.0 Å². The Balaban J connectivity index is 2.17. The van der Waals surface area contributed by atoms with Gasteiger partial charge in [-0.25, -0.2) is 4.79 Å². The number of rotatable bonds is 3. The average Bonchev–Trinajstić information content (AvgIpc) is 2.83. The van der Waals surface area contributed by atoms with Crippen molar-refractivity contribution in [3.63, 3.8) is 0 Å². The molecule has 24 heavy (non-hydrogen) atoms. The Bertz CT molecular complexity index is 762. The van der Waals surface area contributed by atoms with Crippen LogP contribution in [0.4, 0.5) is 5.69 Å². The Morgan fingerprint density at radius 1 is 1.25 bits per heavy atom. The summed E-state index contributed by atoms with van der Waals surface area (Å²) in [6.07, 6.45) is 2.53. The summed E-state index contributed by atoms with van der Waals surface area (Å²) in [7, 11) is 2.83. The van der Waals surface area contributed by atoms with Crippen molar-refractivity contribution in [2.75, 3.05) is 19.1 Å². The quantitative estimate of drug-likeness (QED) is 0.681. The Morgan fingerprint density at radius 2 is 1.92 bits per heavy atom. The minimum atomic E-state index is -1.33. The molecule has 6 heteroatoms. The second-order valence-corrected chi connectivity index (χ2v) is 5.95. The maximum atomic E-state index is 12.7. The van der Waals surface area contributed by atoms with Gasteiger partial charge in [0.2, 0.25) is 0 Å². The molecule has 0 saturated carbocycles. The van der Waals surface area contributed by atoms with Crippen molar-refractivity contribution in [3.8, 4) is 5.75 Å². The summed E-state index contributed by atoms with van der Waals surface area (Å²) in [6.45, 7) is 1.90. The molecular weight excluding hydrogens is 310 g/mol. The summed E-state index contributed by atoms with van der Waals surface area (Å²) >= 11 is 0. The number of carbonyl (C=O) groups excluding carboxylic acids is 2. The lowest BCUT2D eigenvalue weighted by Gasteiger charge is -2.39. The first-order valence-electron chi connectivity index (χ1n) is 7.61. The smallest absolute Gasteiger partial charge is 0.337 e. The number of amides is 1. The summed E-state index contributed by atoms with van der Waals surface area (Å²) in [6, 6.07) is 6.77. The van der Waals surface area contributed by atoms with Gasteiger partial charge in [0.25, 0.3) is 5.91 Å². The molecule has 0 fully saturated rings. The second-order valence-electron chi connectivity index (χ2n) is 5.95. The van der Waals surface area contributed by atoms with Crippen LogP contribution in [-0.2, 0) is 14.3 Å². The van der Waals surface area contributed by atoms with Crippen molar-refractivity contribution in [1.29, 1.82) is 0 Å². The molecule has 1 atom stereocenters. The third kappa shape index (κ3) is 2.10. The highest BCUT2D eigenvalue weighted by Crippen LogP contribution is 2.47. The molecule has 6 nitrogen and oxygen atoms in total. The standard InChI is InChI=1S/C18H19NO5/c1-11-8-9-18(17(22)24-3)14(10-11)15(20)16(21)19(18)12-4-6-13(23-2)7-5-12/h4-8,20H,9-10H2,1-3H3. The first-order chi connectivity index (χ1) is 11.5. The van der Waals surface area contributed by atoms with Gasteiger partial charge >= 0.3 is 5.97 Å². The van der Waals surface area contributed by atoms with Gasteiger partial charge in [-0.15, -0.1) is 0 Å². The maximum absolute atomic E-state index is 12.7. The first-order valence-corrected chi connectivity index (χ1v) is 7.61. The number of methoxy groups -OCH3 is 2. The predicted octanol–water partition coefficient (Wildman–Crippen LogP) is 2.51. The average molecular weight is 329 g/mol. The molecule has 0 radical (unpaired) electrons. The predicted molar refractivity (Wildman–Crippen MR) is 87.9 cm³/mol. The van der Waals surface area contributed by atoms with Gasteiger partial charge in [-0.3, -0.25) is 9.69 Å². The van der Waals surface area contributed by atoms with E-state index < -0.39 is 17.4 Å². The van der Waals surface area contributed by atoms with E-state index in [9.17, 15) is 14.7 Å². The topological polar surface area (TPSA) is 76.1 Å². The Labute approximate surface area is 140 Å². The summed E-state index contributed by atoms with van der Waals surface area (Å²) in [5.74, 6) is -0.892. The third-order valence-electron chi connectivity index (χ3n) is 4.63. The minimum absolute atomic E-state index is 0.267. The fraction of sp³-hybridized carbons (Fsp3) is 0.333. The van der Waals surface area contributed by atoms with Gasteiger partial charge in [0.1, 0.15) is 5.75 Å². The normalized spacial score (nSPS) is 23.0. The van der Waals surface area contributed by atoms with Gasteiger partial charge in [0.05, 0.1) is 14.2 Å². The fourth-order valence-corrected chi connectivity index (χ4v) is 3.39. The largest absolute Gasteiger partial charge is 0.503 e. The monoisotopic (exact) mass is 329 g/mol. The Morgan fingerprint density at radius 3 is 2.50 bits per heavy atom. The van der Waals surface area contributed by atoms with Crippen LogP contribution in [0.5, 0.6) is 5.75 Å². The molecule has 1 heterocycles. The number of hydrogen-bond donors (Lipinski definition) is 1. The van der Waals surface area contributed by atoms with E-state index in [0.717, 1.165) is 5.57 Å². The highest BCUT2D eigenvalue weighted by atomic mass is 16.5. The van der Waals surface area contributed by atoms with Crippen LogP contribution >= 0.6 is 0 Å². The molecule has 1 aliphatic heterocycles. The molecule has 0 aromatic heterocycles. The van der Waals surface area contributed by atoms with Crippen LogP contribution in [0.15, 0.2) is 47.2 Å². The van der Waals surface area contributed by atoms with E-state index in [-0.39, 0.29) is 12.2 Å². The van der Waals surface area contributed by atoms with Crippen molar-refractivity contribution in [2.45, 2.75) is 25.3 Å². The number of benzene rings is 1. The number of carbonyl (C=O) groups is 2. The molecule has 0 saturated heterocycles. The van der Waals surface area contributed by atoms with Gasteiger partial charge in [0.15, 0.2) is 11.3 Å². The van der Waals surface area contributed by atoms with Crippen molar-refractivity contribution < 1.29 is 24.2 Å². The number of esters is 1. The summed E-state index contributed by atoms with van der Waals surface area (Å²) in [5, 5.41) is 10.4. The Kier molecular flexibility index (Phi) is 3.83. The van der Waals surface area contributed by atoms with Crippen LogP contribution in [-0.4, -0.2) is 36.7 Å². The van der Waals surface area contributed by atoms with E-state index in [1.165, 1.54) is 12.0 Å². The number of allylic oxidation sites excluding steroid dienone is 1. The fourth-order valence-electron chi connectivity index (χ4n) is 3.39. The van der Waals surface area contributed by atoms with Crippen molar-refractivity contribution >= 4 is 17.6 Å². The van der Waals surface area contributed by atoms with E-state index in [2.05, 4.69) is 0 Å². The van der Waals surface area contributed by atoms with Crippen LogP contribution < -0.4 is 9.64 Å². The highest BCUT2D eigenvalue weighted by molar-refractivity contribution is 6.16. The third-order valence-corrected chi connectivity index (χ3v) is 4.63. The molecule has 3 rings (SSSR count). The van der Waals surface area contributed by atoms with Crippen LogP contribution in [0.1, 0.15) is 19.8 Å². The molecule has 126 valence electrons. The van der Waals surface area contributed by atoms with Crippen molar-refractivity contribution in [1.82, 2.24) is 0 Å². The number of ether oxygens (including phenoxy) is 2. The number of aliphatic hydroxyl groups excluding tert-OH is 1. The minimum Gasteiger partial charge on any atom is -0.503 e. The van der Waals surface area contributed by atoms with Gasteiger partial charge in [-0.05, 0) is 37.6 Å². The molecule has 1 N–H and O–H groups in total. The first kappa shape index (κ1) is 16.1.